The molecule has 0 spiro atoms. The Labute approximate surface area is 141 Å². The van der Waals surface area contributed by atoms with Gasteiger partial charge in [-0.2, -0.15) is 5.26 Å². The van der Waals surface area contributed by atoms with Crippen LogP contribution in [0.4, 0.5) is 4.39 Å². The molecule has 4 nitrogen and oxygen atoms in total. The highest BCUT2D eigenvalue weighted by Gasteiger charge is 2.10. The molecular weight excluding hydrogens is 307 g/mol. The van der Waals surface area contributed by atoms with Crippen molar-refractivity contribution in [3.63, 3.8) is 0 Å². The van der Waals surface area contributed by atoms with E-state index in [4.69, 9.17) is 10.00 Å². The van der Waals surface area contributed by atoms with Crippen molar-refractivity contribution in [3.05, 3.63) is 65.5 Å². The average molecular weight is 328 g/mol. The topological polar surface area (TPSA) is 56.5 Å². The van der Waals surface area contributed by atoms with Crippen LogP contribution in [-0.2, 0) is 13.0 Å². The van der Waals surface area contributed by atoms with Gasteiger partial charge in [0.1, 0.15) is 24.3 Å². The van der Waals surface area contributed by atoms with Crippen LogP contribution < -0.4 is 4.74 Å². The highest BCUT2D eigenvalue weighted by atomic mass is 19.1. The smallest absolute Gasteiger partial charge is 0.123 e. The molecule has 0 fully saturated rings. The highest BCUT2D eigenvalue weighted by molar-refractivity contribution is 5.28. The molecular formula is C19H21FN2O2. The molecule has 5 heteroatoms. The van der Waals surface area contributed by atoms with Gasteiger partial charge in [-0.05, 0) is 42.4 Å². The van der Waals surface area contributed by atoms with E-state index in [9.17, 15) is 9.50 Å². The number of hydrogen-bond donors (Lipinski definition) is 1. The van der Waals surface area contributed by atoms with Crippen LogP contribution in [0.1, 0.15) is 11.1 Å². The zero-order valence-corrected chi connectivity index (χ0v) is 13.7. The van der Waals surface area contributed by atoms with Gasteiger partial charge in [0.15, 0.2) is 0 Å². The highest BCUT2D eigenvalue weighted by Crippen LogP contribution is 2.13. The molecule has 0 amide bonds. The van der Waals surface area contributed by atoms with Crippen LogP contribution in [0.25, 0.3) is 0 Å². The first-order valence-corrected chi connectivity index (χ1v) is 7.76. The molecule has 0 aliphatic rings. The first-order valence-electron chi connectivity index (χ1n) is 7.76. The van der Waals surface area contributed by atoms with Crippen molar-refractivity contribution in [1.29, 1.82) is 5.26 Å². The van der Waals surface area contributed by atoms with Crippen molar-refractivity contribution < 1.29 is 14.2 Å². The first kappa shape index (κ1) is 17.9. The number of nitriles is 1. The molecule has 0 aliphatic heterocycles. The van der Waals surface area contributed by atoms with Crippen LogP contribution in [0.3, 0.4) is 0 Å². The van der Waals surface area contributed by atoms with Gasteiger partial charge in [0, 0.05) is 13.1 Å². The molecule has 0 aliphatic carbocycles. The standard InChI is InChI=1S/C19H21FN2O2/c1-22(12-16-3-2-4-17(20)11-16)13-18(23)14-24-19-7-5-15(6-8-19)9-10-21/h2-8,11,18,23H,9,12-14H2,1H3. The maximum absolute atomic E-state index is 13.2. The summed E-state index contributed by atoms with van der Waals surface area (Å²) in [6, 6.07) is 15.8. The normalized spacial score (nSPS) is 12.0. The minimum atomic E-state index is -0.651. The summed E-state index contributed by atoms with van der Waals surface area (Å²) in [5, 5.41) is 18.7. The Balaban J connectivity index is 1.76. The second-order valence-corrected chi connectivity index (χ2v) is 5.77. The molecule has 0 radical (unpaired) electrons. The predicted octanol–water partition coefficient (Wildman–Crippen LogP) is 2.76. The number of likely N-dealkylation sites (N-methyl/N-ethyl adjacent to an activating group) is 1. The van der Waals surface area contributed by atoms with Gasteiger partial charge in [0.2, 0.25) is 0 Å². The molecule has 1 atom stereocenters. The number of aliphatic hydroxyl groups is 1. The first-order chi connectivity index (χ1) is 11.6. The van der Waals surface area contributed by atoms with Gasteiger partial charge in [0.05, 0.1) is 12.5 Å². The quantitative estimate of drug-likeness (QED) is 0.809. The average Bonchev–Trinajstić information content (AvgIpc) is 2.54. The second-order valence-electron chi connectivity index (χ2n) is 5.77. The van der Waals surface area contributed by atoms with Crippen molar-refractivity contribution in [2.45, 2.75) is 19.1 Å². The van der Waals surface area contributed by atoms with Gasteiger partial charge in [0.25, 0.3) is 0 Å². The Morgan fingerprint density at radius 3 is 2.62 bits per heavy atom. The van der Waals surface area contributed by atoms with E-state index in [-0.39, 0.29) is 12.4 Å². The summed E-state index contributed by atoms with van der Waals surface area (Å²) in [5.74, 6) is 0.396. The third-order valence-corrected chi connectivity index (χ3v) is 3.51. The third-order valence-electron chi connectivity index (χ3n) is 3.51. The Kier molecular flexibility index (Phi) is 6.74. The molecule has 1 unspecified atom stereocenters. The van der Waals surface area contributed by atoms with Gasteiger partial charge in [-0.15, -0.1) is 0 Å². The molecule has 0 saturated heterocycles. The van der Waals surface area contributed by atoms with E-state index in [2.05, 4.69) is 6.07 Å². The summed E-state index contributed by atoms with van der Waals surface area (Å²) >= 11 is 0. The lowest BCUT2D eigenvalue weighted by molar-refractivity contribution is 0.0744. The largest absolute Gasteiger partial charge is 0.491 e. The molecule has 2 aromatic rings. The summed E-state index contributed by atoms with van der Waals surface area (Å²) in [4.78, 5) is 1.92. The van der Waals surface area contributed by atoms with E-state index in [0.717, 1.165) is 11.1 Å². The number of aliphatic hydroxyl groups excluding tert-OH is 1. The third kappa shape index (κ3) is 5.99. The fourth-order valence-electron chi connectivity index (χ4n) is 2.41. The molecule has 1 N–H and O–H groups in total. The summed E-state index contributed by atoms with van der Waals surface area (Å²) in [6.07, 6.45) is -0.282. The number of nitrogens with zero attached hydrogens (tertiary/aromatic N) is 2. The number of ether oxygens (including phenoxy) is 1. The zero-order chi connectivity index (χ0) is 17.4. The van der Waals surface area contributed by atoms with Crippen LogP contribution in [0.2, 0.25) is 0 Å². The Bertz CT molecular complexity index is 683. The van der Waals surface area contributed by atoms with E-state index in [0.29, 0.717) is 25.3 Å². The fraction of sp³-hybridized carbons (Fsp3) is 0.316. The molecule has 24 heavy (non-hydrogen) atoms. The number of halogens is 1. The van der Waals surface area contributed by atoms with E-state index in [1.807, 2.05) is 30.1 Å². The lowest BCUT2D eigenvalue weighted by atomic mass is 10.2. The van der Waals surface area contributed by atoms with E-state index >= 15 is 0 Å². The minimum absolute atomic E-state index is 0.172. The summed E-state index contributed by atoms with van der Waals surface area (Å²) in [7, 11) is 1.87. The molecule has 2 aromatic carbocycles. The van der Waals surface area contributed by atoms with Gasteiger partial charge in [-0.1, -0.05) is 24.3 Å². The van der Waals surface area contributed by atoms with E-state index < -0.39 is 6.10 Å². The van der Waals surface area contributed by atoms with E-state index in [1.165, 1.54) is 12.1 Å². The van der Waals surface area contributed by atoms with Gasteiger partial charge < -0.3 is 9.84 Å². The summed E-state index contributed by atoms with van der Waals surface area (Å²) in [5.41, 5.74) is 1.79. The van der Waals surface area contributed by atoms with Crippen LogP contribution in [0.15, 0.2) is 48.5 Å². The van der Waals surface area contributed by atoms with Crippen LogP contribution in [0, 0.1) is 17.1 Å². The maximum atomic E-state index is 13.2. The van der Waals surface area contributed by atoms with Gasteiger partial charge in [-0.25, -0.2) is 4.39 Å². The molecule has 126 valence electrons. The van der Waals surface area contributed by atoms with Gasteiger partial charge in [-0.3, -0.25) is 4.90 Å². The molecule has 0 heterocycles. The van der Waals surface area contributed by atoms with E-state index in [1.54, 1.807) is 18.2 Å². The van der Waals surface area contributed by atoms with Crippen molar-refractivity contribution in [1.82, 2.24) is 4.90 Å². The molecule has 2 rings (SSSR count). The Morgan fingerprint density at radius 1 is 1.21 bits per heavy atom. The Hall–Kier alpha value is -2.42. The number of rotatable bonds is 8. The van der Waals surface area contributed by atoms with Crippen LogP contribution in [-0.4, -0.2) is 36.3 Å². The van der Waals surface area contributed by atoms with Crippen LogP contribution in [0.5, 0.6) is 5.75 Å². The SMILES string of the molecule is CN(Cc1cccc(F)c1)CC(O)COc1ccc(CC#N)cc1. The summed E-state index contributed by atoms with van der Waals surface area (Å²) in [6.45, 7) is 1.14. The second kappa shape index (κ2) is 9.02. The fourth-order valence-corrected chi connectivity index (χ4v) is 2.41. The lowest BCUT2D eigenvalue weighted by Crippen LogP contribution is -2.32. The van der Waals surface area contributed by atoms with Crippen molar-refractivity contribution in [2.75, 3.05) is 20.2 Å². The van der Waals surface area contributed by atoms with Gasteiger partial charge >= 0.3 is 0 Å². The number of hydrogen-bond acceptors (Lipinski definition) is 4. The lowest BCUT2D eigenvalue weighted by Gasteiger charge is -2.21. The van der Waals surface area contributed by atoms with Crippen LogP contribution >= 0.6 is 0 Å². The monoisotopic (exact) mass is 328 g/mol. The zero-order valence-electron chi connectivity index (χ0n) is 13.7. The molecule has 0 bridgehead atoms. The predicted molar refractivity (Wildman–Crippen MR) is 90.0 cm³/mol. The van der Waals surface area contributed by atoms with Crippen molar-refractivity contribution in [3.8, 4) is 11.8 Å². The molecule has 0 saturated carbocycles. The Morgan fingerprint density at radius 2 is 1.96 bits per heavy atom. The molecule has 0 aromatic heterocycles. The number of benzene rings is 2. The van der Waals surface area contributed by atoms with Crippen molar-refractivity contribution in [2.24, 2.45) is 0 Å². The minimum Gasteiger partial charge on any atom is -0.491 e. The summed E-state index contributed by atoms with van der Waals surface area (Å²) < 4.78 is 18.7. The maximum Gasteiger partial charge on any atom is 0.123 e. The van der Waals surface area contributed by atoms with Crippen molar-refractivity contribution >= 4 is 0 Å².